The molecule has 0 spiro atoms. The Hall–Kier alpha value is -1.89. The first-order valence-corrected chi connectivity index (χ1v) is 9.92. The van der Waals surface area contributed by atoms with E-state index < -0.39 is 6.04 Å². The zero-order valence-corrected chi connectivity index (χ0v) is 15.7. The summed E-state index contributed by atoms with van der Waals surface area (Å²) in [7, 11) is 0. The third-order valence-corrected chi connectivity index (χ3v) is 6.21. The summed E-state index contributed by atoms with van der Waals surface area (Å²) in [5.74, 6) is -0.0316. The number of amides is 2. The zero-order chi connectivity index (χ0) is 18.1. The second kappa shape index (κ2) is 7.39. The van der Waals surface area contributed by atoms with Gasteiger partial charge in [0, 0.05) is 30.4 Å². The summed E-state index contributed by atoms with van der Waals surface area (Å²) in [6.45, 7) is 1.27. The molecule has 2 fully saturated rings. The number of piperazine rings is 1. The number of hydrogen-bond donors (Lipinski definition) is 2. The molecule has 5 nitrogen and oxygen atoms in total. The molecule has 2 aromatic rings. The van der Waals surface area contributed by atoms with Crippen LogP contribution in [0.2, 0.25) is 4.34 Å². The molecule has 2 aliphatic rings. The van der Waals surface area contributed by atoms with Crippen molar-refractivity contribution in [2.75, 3.05) is 6.54 Å². The smallest absolute Gasteiger partial charge is 0.246 e. The van der Waals surface area contributed by atoms with Crippen LogP contribution in [0.25, 0.3) is 0 Å². The lowest BCUT2D eigenvalue weighted by atomic mass is 10.0. The van der Waals surface area contributed by atoms with Crippen LogP contribution >= 0.6 is 22.9 Å². The number of thiophene rings is 1. The second-order valence-corrected chi connectivity index (χ2v) is 8.58. The summed E-state index contributed by atoms with van der Waals surface area (Å²) in [5.41, 5.74) is 1.05. The van der Waals surface area contributed by atoms with Crippen molar-refractivity contribution in [3.63, 3.8) is 0 Å². The van der Waals surface area contributed by atoms with Gasteiger partial charge in [-0.3, -0.25) is 9.59 Å². The molecular weight excluding hydrogens is 370 g/mol. The molecule has 3 heterocycles. The Kier molecular flexibility index (Phi) is 4.98. The summed E-state index contributed by atoms with van der Waals surface area (Å²) in [6.07, 6.45) is 1.18. The first-order chi connectivity index (χ1) is 12.6. The standard InChI is InChI=1S/C19H20ClN3O2S/c20-17-7-6-14(26-17)10-21-13-9-16-18(24)22-15(19(25)23(16)11-13)8-12-4-2-1-3-5-12/h1-7,13,15-16,21H,8-11H2,(H,22,24)/t13-,15-,16-/m0/s1. The highest BCUT2D eigenvalue weighted by atomic mass is 35.5. The molecule has 0 saturated carbocycles. The second-order valence-electron chi connectivity index (χ2n) is 6.78. The van der Waals surface area contributed by atoms with Gasteiger partial charge < -0.3 is 15.5 Å². The Morgan fingerprint density at radius 3 is 2.73 bits per heavy atom. The van der Waals surface area contributed by atoms with Crippen molar-refractivity contribution in [2.24, 2.45) is 0 Å². The average molecular weight is 390 g/mol. The lowest BCUT2D eigenvalue weighted by molar-refractivity contribution is -0.147. The molecule has 3 atom stereocenters. The van der Waals surface area contributed by atoms with E-state index in [1.165, 1.54) is 0 Å². The van der Waals surface area contributed by atoms with Crippen molar-refractivity contribution in [1.82, 2.24) is 15.5 Å². The van der Waals surface area contributed by atoms with E-state index in [9.17, 15) is 9.59 Å². The van der Waals surface area contributed by atoms with Crippen LogP contribution in [0.5, 0.6) is 0 Å². The van der Waals surface area contributed by atoms with Crippen molar-refractivity contribution in [1.29, 1.82) is 0 Å². The van der Waals surface area contributed by atoms with Gasteiger partial charge in [0.1, 0.15) is 12.1 Å². The third-order valence-electron chi connectivity index (χ3n) is 4.98. The summed E-state index contributed by atoms with van der Waals surface area (Å²) in [5, 5.41) is 6.36. The number of halogens is 1. The van der Waals surface area contributed by atoms with Crippen LogP contribution < -0.4 is 10.6 Å². The maximum atomic E-state index is 12.8. The van der Waals surface area contributed by atoms with E-state index in [0.717, 1.165) is 14.8 Å². The molecule has 4 rings (SSSR count). The first-order valence-electron chi connectivity index (χ1n) is 8.72. The predicted molar refractivity (Wildman–Crippen MR) is 102 cm³/mol. The molecule has 0 aliphatic carbocycles. The summed E-state index contributed by atoms with van der Waals surface area (Å²) in [6, 6.07) is 12.9. The van der Waals surface area contributed by atoms with Gasteiger partial charge in [-0.25, -0.2) is 0 Å². The largest absolute Gasteiger partial charge is 0.342 e. The van der Waals surface area contributed by atoms with Crippen molar-refractivity contribution < 1.29 is 9.59 Å². The summed E-state index contributed by atoms with van der Waals surface area (Å²) in [4.78, 5) is 28.2. The van der Waals surface area contributed by atoms with Crippen LogP contribution in [-0.4, -0.2) is 41.4 Å². The molecule has 26 heavy (non-hydrogen) atoms. The number of carbonyl (C=O) groups is 2. The van der Waals surface area contributed by atoms with Gasteiger partial charge in [-0.1, -0.05) is 41.9 Å². The van der Waals surface area contributed by atoms with Crippen LogP contribution in [0.15, 0.2) is 42.5 Å². The van der Waals surface area contributed by atoms with Crippen molar-refractivity contribution in [2.45, 2.75) is 37.5 Å². The number of nitrogens with one attached hydrogen (secondary N) is 2. The Labute approximate surface area is 161 Å². The molecular formula is C19H20ClN3O2S. The van der Waals surface area contributed by atoms with E-state index in [0.29, 0.717) is 25.9 Å². The van der Waals surface area contributed by atoms with Crippen molar-refractivity contribution in [3.05, 3.63) is 57.2 Å². The molecule has 7 heteroatoms. The predicted octanol–water partition coefficient (Wildman–Crippen LogP) is 2.20. The van der Waals surface area contributed by atoms with Crippen LogP contribution in [0, 0.1) is 0 Å². The molecule has 0 bridgehead atoms. The summed E-state index contributed by atoms with van der Waals surface area (Å²) >= 11 is 7.50. The van der Waals surface area contributed by atoms with Crippen molar-refractivity contribution in [3.8, 4) is 0 Å². The number of fused-ring (bicyclic) bond motifs is 1. The fourth-order valence-electron chi connectivity index (χ4n) is 3.69. The monoisotopic (exact) mass is 389 g/mol. The normalized spacial score (nSPS) is 25.3. The maximum Gasteiger partial charge on any atom is 0.246 e. The van der Waals surface area contributed by atoms with E-state index in [-0.39, 0.29) is 23.9 Å². The van der Waals surface area contributed by atoms with Gasteiger partial charge in [-0.05, 0) is 24.1 Å². The van der Waals surface area contributed by atoms with Crippen LogP contribution in [-0.2, 0) is 22.6 Å². The fourth-order valence-corrected chi connectivity index (χ4v) is 4.72. The van der Waals surface area contributed by atoms with Gasteiger partial charge in [0.15, 0.2) is 0 Å². The molecule has 0 unspecified atom stereocenters. The number of hydrogen-bond acceptors (Lipinski definition) is 4. The minimum atomic E-state index is -0.476. The molecule has 1 aromatic heterocycles. The van der Waals surface area contributed by atoms with Crippen LogP contribution in [0.1, 0.15) is 16.9 Å². The SMILES string of the molecule is O=C1N[C@@H](Cc2ccccc2)C(=O)N2C[C@@H](NCc3ccc(Cl)s3)C[C@@H]12. The number of benzene rings is 1. The van der Waals surface area contributed by atoms with E-state index in [1.54, 1.807) is 16.2 Å². The lowest BCUT2D eigenvalue weighted by Gasteiger charge is -2.34. The highest BCUT2D eigenvalue weighted by Crippen LogP contribution is 2.25. The van der Waals surface area contributed by atoms with E-state index >= 15 is 0 Å². The highest BCUT2D eigenvalue weighted by Gasteiger charge is 2.46. The van der Waals surface area contributed by atoms with Gasteiger partial charge in [0.05, 0.1) is 4.34 Å². The van der Waals surface area contributed by atoms with Gasteiger partial charge in [0.2, 0.25) is 11.8 Å². The Morgan fingerprint density at radius 2 is 2.00 bits per heavy atom. The van der Waals surface area contributed by atoms with E-state index in [4.69, 9.17) is 11.6 Å². The Morgan fingerprint density at radius 1 is 1.19 bits per heavy atom. The Bertz CT molecular complexity index is 810. The first kappa shape index (κ1) is 17.5. The number of nitrogens with zero attached hydrogens (tertiary/aromatic N) is 1. The summed E-state index contributed by atoms with van der Waals surface area (Å²) < 4.78 is 0.768. The quantitative estimate of drug-likeness (QED) is 0.824. The molecule has 2 saturated heterocycles. The average Bonchev–Trinajstić information content (AvgIpc) is 3.25. The molecule has 2 N–H and O–H groups in total. The van der Waals surface area contributed by atoms with Gasteiger partial charge in [0.25, 0.3) is 0 Å². The highest BCUT2D eigenvalue weighted by molar-refractivity contribution is 7.16. The number of rotatable bonds is 5. The topological polar surface area (TPSA) is 61.4 Å². The third kappa shape index (κ3) is 3.63. The van der Waals surface area contributed by atoms with E-state index in [2.05, 4.69) is 10.6 Å². The molecule has 1 aromatic carbocycles. The maximum absolute atomic E-state index is 12.8. The minimum absolute atomic E-state index is 0.0157. The van der Waals surface area contributed by atoms with E-state index in [1.807, 2.05) is 42.5 Å². The van der Waals surface area contributed by atoms with Gasteiger partial charge >= 0.3 is 0 Å². The zero-order valence-electron chi connectivity index (χ0n) is 14.2. The molecule has 0 radical (unpaired) electrons. The van der Waals surface area contributed by atoms with Gasteiger partial charge in [-0.15, -0.1) is 11.3 Å². The van der Waals surface area contributed by atoms with Crippen LogP contribution in [0.3, 0.4) is 0 Å². The minimum Gasteiger partial charge on any atom is -0.342 e. The lowest BCUT2D eigenvalue weighted by Crippen LogP contribution is -2.61. The Balaban J connectivity index is 1.39. The molecule has 2 aliphatic heterocycles. The molecule has 2 amide bonds. The van der Waals surface area contributed by atoms with Crippen LogP contribution in [0.4, 0.5) is 0 Å². The fraction of sp³-hybridized carbons (Fsp3) is 0.368. The number of carbonyl (C=O) groups excluding carboxylic acids is 2. The van der Waals surface area contributed by atoms with Gasteiger partial charge in [-0.2, -0.15) is 0 Å². The van der Waals surface area contributed by atoms with Crippen molar-refractivity contribution >= 4 is 34.8 Å². The molecule has 136 valence electrons.